The molecule has 0 aromatic heterocycles. The summed E-state index contributed by atoms with van der Waals surface area (Å²) in [7, 11) is 0. The highest BCUT2D eigenvalue weighted by atomic mass is 32.2. The van der Waals surface area contributed by atoms with Gasteiger partial charge in [-0.3, -0.25) is 4.79 Å². The first-order valence-corrected chi connectivity index (χ1v) is 6.57. The van der Waals surface area contributed by atoms with Gasteiger partial charge in [-0.2, -0.15) is 0 Å². The fraction of sp³-hybridized carbons (Fsp3) is 0.727. The molecule has 0 aromatic rings. The molecule has 0 unspecified atom stereocenters. The number of thioether (sulfide) groups is 1. The Bertz CT molecular complexity index is 203. The van der Waals surface area contributed by atoms with E-state index in [1.807, 2.05) is 6.08 Å². The van der Waals surface area contributed by atoms with Gasteiger partial charge in [0.05, 0.1) is 5.75 Å². The van der Waals surface area contributed by atoms with Crippen molar-refractivity contribution in [3.8, 4) is 0 Å². The summed E-state index contributed by atoms with van der Waals surface area (Å²) >= 11 is 1.79. The van der Waals surface area contributed by atoms with Crippen LogP contribution in [-0.2, 0) is 4.79 Å². The van der Waals surface area contributed by atoms with Crippen molar-refractivity contribution >= 4 is 17.7 Å². The number of rotatable bonds is 6. The summed E-state index contributed by atoms with van der Waals surface area (Å²) in [5.41, 5.74) is 0. The Morgan fingerprint density at radius 1 is 1.53 bits per heavy atom. The number of hydrogen-bond donors (Lipinski definition) is 2. The van der Waals surface area contributed by atoms with Crippen LogP contribution in [0.5, 0.6) is 0 Å². The molecule has 1 amide bonds. The van der Waals surface area contributed by atoms with Crippen molar-refractivity contribution in [1.29, 1.82) is 0 Å². The molecule has 0 atom stereocenters. The highest BCUT2D eigenvalue weighted by molar-refractivity contribution is 8.00. The van der Waals surface area contributed by atoms with Crippen molar-refractivity contribution in [2.24, 2.45) is 0 Å². The Labute approximate surface area is 96.1 Å². The molecular formula is C11H20N2OS. The maximum absolute atomic E-state index is 11.4. The third kappa shape index (κ3) is 5.85. The van der Waals surface area contributed by atoms with Crippen molar-refractivity contribution in [2.75, 3.05) is 25.4 Å². The normalized spacial score (nSPS) is 17.3. The van der Waals surface area contributed by atoms with Crippen LogP contribution in [0.3, 0.4) is 0 Å². The lowest BCUT2D eigenvalue weighted by atomic mass is 10.2. The molecule has 0 saturated carbocycles. The number of hydrogen-bond acceptors (Lipinski definition) is 3. The number of piperidine rings is 1. The van der Waals surface area contributed by atoms with Gasteiger partial charge in [0.2, 0.25) is 5.91 Å². The molecule has 1 aliphatic rings. The average Bonchev–Trinajstić information content (AvgIpc) is 2.28. The minimum Gasteiger partial charge on any atom is -0.355 e. The second kappa shape index (κ2) is 7.77. The quantitative estimate of drug-likeness (QED) is 0.529. The molecule has 1 aliphatic heterocycles. The van der Waals surface area contributed by atoms with Gasteiger partial charge in [0, 0.05) is 11.8 Å². The molecule has 2 N–H and O–H groups in total. The molecule has 0 bridgehead atoms. The number of carbonyl (C=O) groups is 1. The van der Waals surface area contributed by atoms with Gasteiger partial charge >= 0.3 is 0 Å². The molecule has 0 spiro atoms. The first kappa shape index (κ1) is 12.6. The summed E-state index contributed by atoms with van der Waals surface area (Å²) in [5.74, 6) is 0.752. The monoisotopic (exact) mass is 228 g/mol. The average molecular weight is 228 g/mol. The van der Waals surface area contributed by atoms with Crippen LogP contribution in [0, 0.1) is 0 Å². The van der Waals surface area contributed by atoms with Gasteiger partial charge in [-0.15, -0.1) is 18.3 Å². The van der Waals surface area contributed by atoms with Gasteiger partial charge in [0.25, 0.3) is 0 Å². The van der Waals surface area contributed by atoms with Crippen LogP contribution in [0.1, 0.15) is 19.3 Å². The first-order valence-electron chi connectivity index (χ1n) is 5.53. The van der Waals surface area contributed by atoms with E-state index in [1.165, 1.54) is 12.8 Å². The lowest BCUT2D eigenvalue weighted by Gasteiger charge is -2.21. The van der Waals surface area contributed by atoms with E-state index in [-0.39, 0.29) is 5.91 Å². The molecule has 15 heavy (non-hydrogen) atoms. The van der Waals surface area contributed by atoms with Crippen molar-refractivity contribution in [2.45, 2.75) is 24.5 Å². The fourth-order valence-corrected chi connectivity index (χ4v) is 2.58. The predicted molar refractivity (Wildman–Crippen MR) is 66.2 cm³/mol. The number of amides is 1. The van der Waals surface area contributed by atoms with Crippen LogP contribution >= 0.6 is 11.8 Å². The van der Waals surface area contributed by atoms with E-state index < -0.39 is 0 Å². The minimum absolute atomic E-state index is 0.153. The molecule has 0 aromatic carbocycles. The van der Waals surface area contributed by atoms with E-state index in [0.717, 1.165) is 26.1 Å². The Kier molecular flexibility index (Phi) is 6.52. The maximum Gasteiger partial charge on any atom is 0.230 e. The van der Waals surface area contributed by atoms with Crippen LogP contribution in [0.25, 0.3) is 0 Å². The largest absolute Gasteiger partial charge is 0.355 e. The molecule has 86 valence electrons. The van der Waals surface area contributed by atoms with Crippen LogP contribution < -0.4 is 10.6 Å². The molecule has 3 nitrogen and oxygen atoms in total. The molecule has 4 heteroatoms. The smallest absolute Gasteiger partial charge is 0.230 e. The van der Waals surface area contributed by atoms with Gasteiger partial charge in [-0.25, -0.2) is 0 Å². The van der Waals surface area contributed by atoms with E-state index >= 15 is 0 Å². The van der Waals surface area contributed by atoms with Gasteiger partial charge in [-0.05, 0) is 32.4 Å². The number of carbonyl (C=O) groups excluding carboxylic acids is 1. The minimum atomic E-state index is 0.153. The van der Waals surface area contributed by atoms with Crippen LogP contribution in [0.2, 0.25) is 0 Å². The van der Waals surface area contributed by atoms with Crippen molar-refractivity contribution in [3.63, 3.8) is 0 Å². The molecule has 0 radical (unpaired) electrons. The third-order valence-electron chi connectivity index (χ3n) is 2.41. The SMILES string of the molecule is C=CCCNC(=O)CSC1CCNCC1. The van der Waals surface area contributed by atoms with E-state index in [9.17, 15) is 4.79 Å². The highest BCUT2D eigenvalue weighted by Gasteiger charge is 2.14. The second-order valence-electron chi connectivity index (χ2n) is 3.69. The Morgan fingerprint density at radius 3 is 2.93 bits per heavy atom. The zero-order valence-corrected chi connectivity index (χ0v) is 9.94. The Hall–Kier alpha value is -0.480. The van der Waals surface area contributed by atoms with E-state index in [4.69, 9.17) is 0 Å². The van der Waals surface area contributed by atoms with E-state index in [2.05, 4.69) is 17.2 Å². The molecule has 1 fully saturated rings. The summed E-state index contributed by atoms with van der Waals surface area (Å²) < 4.78 is 0. The topological polar surface area (TPSA) is 41.1 Å². The van der Waals surface area contributed by atoms with Gasteiger partial charge in [0.15, 0.2) is 0 Å². The van der Waals surface area contributed by atoms with Gasteiger partial charge in [0.1, 0.15) is 0 Å². The Balaban J connectivity index is 2.02. The Morgan fingerprint density at radius 2 is 2.27 bits per heavy atom. The van der Waals surface area contributed by atoms with Crippen molar-refractivity contribution in [3.05, 3.63) is 12.7 Å². The summed E-state index contributed by atoms with van der Waals surface area (Å²) in [6, 6.07) is 0. The summed E-state index contributed by atoms with van der Waals surface area (Å²) in [5, 5.41) is 6.86. The number of nitrogens with one attached hydrogen (secondary N) is 2. The summed E-state index contributed by atoms with van der Waals surface area (Å²) in [6.07, 6.45) is 5.04. The first-order chi connectivity index (χ1) is 7.33. The zero-order valence-electron chi connectivity index (χ0n) is 9.13. The molecular weight excluding hydrogens is 208 g/mol. The van der Waals surface area contributed by atoms with Crippen molar-refractivity contribution < 1.29 is 4.79 Å². The molecule has 1 saturated heterocycles. The van der Waals surface area contributed by atoms with Gasteiger partial charge < -0.3 is 10.6 Å². The fourth-order valence-electron chi connectivity index (χ4n) is 1.52. The standard InChI is InChI=1S/C11H20N2OS/c1-2-3-6-13-11(14)9-15-10-4-7-12-8-5-10/h2,10,12H,1,3-9H2,(H,13,14). The lowest BCUT2D eigenvalue weighted by Crippen LogP contribution is -2.31. The van der Waals surface area contributed by atoms with E-state index in [1.54, 1.807) is 11.8 Å². The highest BCUT2D eigenvalue weighted by Crippen LogP contribution is 2.19. The molecule has 0 aliphatic carbocycles. The molecule has 1 heterocycles. The second-order valence-corrected chi connectivity index (χ2v) is 4.98. The summed E-state index contributed by atoms with van der Waals surface area (Å²) in [4.78, 5) is 11.4. The lowest BCUT2D eigenvalue weighted by molar-refractivity contribution is -0.118. The molecule has 1 rings (SSSR count). The van der Waals surface area contributed by atoms with Gasteiger partial charge in [-0.1, -0.05) is 6.08 Å². The van der Waals surface area contributed by atoms with Crippen LogP contribution in [0.4, 0.5) is 0 Å². The van der Waals surface area contributed by atoms with Crippen LogP contribution in [-0.4, -0.2) is 36.5 Å². The maximum atomic E-state index is 11.4. The van der Waals surface area contributed by atoms with Crippen LogP contribution in [0.15, 0.2) is 12.7 Å². The predicted octanol–water partition coefficient (Wildman–Crippen LogP) is 1.16. The van der Waals surface area contributed by atoms with E-state index in [0.29, 0.717) is 11.0 Å². The zero-order chi connectivity index (χ0) is 10.9. The summed E-state index contributed by atoms with van der Waals surface area (Å²) in [6.45, 7) is 6.52. The third-order valence-corrected chi connectivity index (χ3v) is 3.78. The van der Waals surface area contributed by atoms with Crippen molar-refractivity contribution in [1.82, 2.24) is 10.6 Å².